The van der Waals surface area contributed by atoms with Crippen molar-refractivity contribution in [1.82, 2.24) is 20.4 Å². The third-order valence-corrected chi connectivity index (χ3v) is 8.90. The Morgan fingerprint density at radius 1 is 0.600 bits per heavy atom. The van der Waals surface area contributed by atoms with Gasteiger partial charge in [0.05, 0.1) is 12.7 Å². The molecule has 0 saturated heterocycles. The second kappa shape index (κ2) is 20.5. The predicted octanol–water partition coefficient (Wildman–Crippen LogP) is 9.04. The molecule has 0 bridgehead atoms. The molecule has 0 aromatic heterocycles. The predicted molar refractivity (Wildman–Crippen MR) is 242 cm³/mol. The Kier molecular flexibility index (Phi) is 16.1. The Morgan fingerprint density at radius 2 is 1.03 bits per heavy atom. The topological polar surface area (TPSA) is 199 Å². The third kappa shape index (κ3) is 15.9. The Bertz CT molecular complexity index is 2280. The Labute approximate surface area is 378 Å². The number of nitrogens with zero attached hydrogens (tertiary/aromatic N) is 4. The normalized spacial score (nSPS) is 15.2. The van der Waals surface area contributed by atoms with Crippen molar-refractivity contribution in [2.24, 2.45) is 9.98 Å². The van der Waals surface area contributed by atoms with Crippen molar-refractivity contribution in [2.45, 2.75) is 118 Å². The maximum absolute atomic E-state index is 15.7. The number of guanidine groups is 2. The molecule has 2 aliphatic heterocycles. The van der Waals surface area contributed by atoms with Gasteiger partial charge in [-0.1, -0.05) is 18.2 Å². The number of alkyl carbamates (subject to hydrolysis) is 2. The van der Waals surface area contributed by atoms with Crippen LogP contribution in [0.1, 0.15) is 117 Å². The second-order valence-electron chi connectivity index (χ2n) is 19.1. The summed E-state index contributed by atoms with van der Waals surface area (Å²) in [5.41, 5.74) is -1.64. The molecule has 0 saturated carbocycles. The van der Waals surface area contributed by atoms with Crippen LogP contribution in [-0.4, -0.2) is 108 Å². The molecule has 65 heavy (non-hydrogen) atoms. The molecule has 5 amide bonds. The van der Waals surface area contributed by atoms with Gasteiger partial charge in [-0.25, -0.2) is 28.0 Å². The van der Waals surface area contributed by atoms with Crippen molar-refractivity contribution in [3.63, 3.8) is 0 Å². The van der Waals surface area contributed by atoms with Crippen molar-refractivity contribution in [3.05, 3.63) is 70.8 Å². The number of anilines is 1. The van der Waals surface area contributed by atoms with Crippen LogP contribution < -0.4 is 20.7 Å². The number of nitrogens with one attached hydrogen (secondary N) is 3. The molecule has 4 rings (SSSR count). The minimum absolute atomic E-state index is 0.0435. The van der Waals surface area contributed by atoms with Gasteiger partial charge in [0.15, 0.2) is 11.6 Å². The molecule has 17 nitrogen and oxygen atoms in total. The zero-order valence-corrected chi connectivity index (χ0v) is 39.4. The molecule has 2 aromatic carbocycles. The molecule has 19 heteroatoms. The first-order valence-corrected chi connectivity index (χ1v) is 21.0. The fourth-order valence-electron chi connectivity index (χ4n) is 6.31. The monoisotopic (exact) mass is 909 g/mol. The molecule has 0 spiro atoms. The van der Waals surface area contributed by atoms with E-state index in [1.165, 1.54) is 19.2 Å². The SMILES string of the molecule is COc1cc(NC(=O)c2ccc(C3=CCN(/C(=N\C(=O)OC(C)(C)C)NC(=O)OC(C)(C)C)CC3)c(F)c2F)ccc1C1=CCN(/C(=N\C(=O)OC(C)(C)C)NC(=O)OC(C)(C)C)CC1. The molecule has 2 aromatic rings. The number of ether oxygens (including phenoxy) is 5. The number of carbonyl (C=O) groups excluding carboxylic acids is 5. The van der Waals surface area contributed by atoms with Crippen molar-refractivity contribution in [3.8, 4) is 5.75 Å². The van der Waals surface area contributed by atoms with Gasteiger partial charge in [0.2, 0.25) is 11.9 Å². The molecule has 3 N–H and O–H groups in total. The maximum atomic E-state index is 15.7. The van der Waals surface area contributed by atoms with Crippen LogP contribution in [0.25, 0.3) is 11.1 Å². The highest BCUT2D eigenvalue weighted by Crippen LogP contribution is 2.34. The summed E-state index contributed by atoms with van der Waals surface area (Å²) in [6, 6.07) is 7.38. The molecular weight excluding hydrogens is 849 g/mol. The van der Waals surface area contributed by atoms with Crippen LogP contribution in [0.15, 0.2) is 52.5 Å². The zero-order chi connectivity index (χ0) is 48.7. The van der Waals surface area contributed by atoms with E-state index in [9.17, 15) is 24.0 Å². The van der Waals surface area contributed by atoms with Crippen molar-refractivity contribution >= 4 is 59.0 Å². The van der Waals surface area contributed by atoms with Crippen LogP contribution in [-0.2, 0) is 18.9 Å². The standard InChI is InChI=1S/C46H61F2N7O10/c1-43(2,3)62-39(57)50-37(51-40(58)63-44(4,5)6)54-22-18-27(19-23-54)30-15-14-29(26-33(30)61-13)49-36(56)32-17-16-31(34(47)35(32)48)28-20-24-55(25-21-28)38(52-41(59)64-45(7,8)9)53-42(60)65-46(10,11)12/h14-18,20,26H,19,21-25H2,1-13H3,(H,49,56)(H,50,51,57,58)(H,52,53,59,60). The van der Waals surface area contributed by atoms with Crippen molar-refractivity contribution < 1.29 is 56.4 Å². The number of benzene rings is 2. The van der Waals surface area contributed by atoms with Crippen LogP contribution in [0.5, 0.6) is 5.75 Å². The molecule has 0 aliphatic carbocycles. The first-order chi connectivity index (χ1) is 30.0. The summed E-state index contributed by atoms with van der Waals surface area (Å²) in [5, 5.41) is 7.67. The van der Waals surface area contributed by atoms with E-state index in [-0.39, 0.29) is 49.2 Å². The van der Waals surface area contributed by atoms with Crippen LogP contribution >= 0.6 is 0 Å². The highest BCUT2D eigenvalue weighted by Gasteiger charge is 2.29. The minimum atomic E-state index is -1.35. The lowest BCUT2D eigenvalue weighted by atomic mass is 9.97. The summed E-state index contributed by atoms with van der Waals surface area (Å²) in [4.78, 5) is 75.1. The molecule has 354 valence electrons. The van der Waals surface area contributed by atoms with Crippen molar-refractivity contribution in [1.29, 1.82) is 0 Å². The summed E-state index contributed by atoms with van der Waals surface area (Å²) >= 11 is 0. The maximum Gasteiger partial charge on any atom is 0.437 e. The van der Waals surface area contributed by atoms with Gasteiger partial charge in [-0.2, -0.15) is 0 Å². The number of rotatable bonds is 5. The van der Waals surface area contributed by atoms with Crippen LogP contribution in [0, 0.1) is 11.6 Å². The Hall–Kier alpha value is -6.53. The van der Waals surface area contributed by atoms with Gasteiger partial charge in [0.25, 0.3) is 5.91 Å². The number of halogens is 2. The average molecular weight is 910 g/mol. The Morgan fingerprint density at radius 3 is 1.43 bits per heavy atom. The Balaban J connectivity index is 1.48. The van der Waals surface area contributed by atoms with Gasteiger partial charge < -0.3 is 38.8 Å². The van der Waals surface area contributed by atoms with Gasteiger partial charge in [0.1, 0.15) is 28.2 Å². The number of hydrogen-bond donors (Lipinski definition) is 3. The van der Waals surface area contributed by atoms with E-state index in [1.807, 2.05) is 6.08 Å². The average Bonchev–Trinajstić information content (AvgIpc) is 3.15. The first kappa shape index (κ1) is 51.1. The summed E-state index contributed by atoms with van der Waals surface area (Å²) in [5.74, 6) is -3.27. The van der Waals surface area contributed by atoms with Crippen LogP contribution in [0.3, 0.4) is 0 Å². The smallest absolute Gasteiger partial charge is 0.437 e. The summed E-state index contributed by atoms with van der Waals surface area (Å²) in [6.45, 7) is 21.0. The third-order valence-electron chi connectivity index (χ3n) is 8.90. The number of methoxy groups -OCH3 is 1. The summed E-state index contributed by atoms with van der Waals surface area (Å²) in [6.07, 6.45) is 0.591. The van der Waals surface area contributed by atoms with E-state index in [2.05, 4.69) is 25.9 Å². The van der Waals surface area contributed by atoms with Gasteiger partial charge in [-0.3, -0.25) is 15.4 Å². The molecular formula is C46H61F2N7O10. The molecule has 0 fully saturated rings. The van der Waals surface area contributed by atoms with Crippen LogP contribution in [0.2, 0.25) is 0 Å². The van der Waals surface area contributed by atoms with E-state index < -0.39 is 69.9 Å². The van der Waals surface area contributed by atoms with E-state index in [4.69, 9.17) is 23.7 Å². The van der Waals surface area contributed by atoms with Crippen molar-refractivity contribution in [2.75, 3.05) is 38.6 Å². The fourth-order valence-corrected chi connectivity index (χ4v) is 6.31. The van der Waals surface area contributed by atoms with Gasteiger partial charge in [-0.15, -0.1) is 9.98 Å². The lowest BCUT2D eigenvalue weighted by Gasteiger charge is -2.30. The summed E-state index contributed by atoms with van der Waals surface area (Å²) < 4.78 is 58.4. The molecule has 2 aliphatic rings. The fraction of sp³-hybridized carbons (Fsp3) is 0.500. The largest absolute Gasteiger partial charge is 0.496 e. The van der Waals surface area contributed by atoms with Crippen LogP contribution in [0.4, 0.5) is 33.6 Å². The number of aliphatic imine (C=N–C) groups is 2. The van der Waals surface area contributed by atoms with Gasteiger partial charge >= 0.3 is 24.4 Å². The van der Waals surface area contributed by atoms with E-state index in [0.29, 0.717) is 29.9 Å². The van der Waals surface area contributed by atoms with E-state index in [0.717, 1.165) is 5.57 Å². The zero-order valence-electron chi connectivity index (χ0n) is 39.4. The molecule has 2 heterocycles. The first-order valence-electron chi connectivity index (χ1n) is 21.0. The second-order valence-corrected chi connectivity index (χ2v) is 19.1. The van der Waals surface area contributed by atoms with Gasteiger partial charge in [-0.05, 0) is 125 Å². The number of amides is 5. The minimum Gasteiger partial charge on any atom is -0.496 e. The molecule has 0 radical (unpaired) electrons. The van der Waals surface area contributed by atoms with E-state index >= 15 is 8.78 Å². The highest BCUT2D eigenvalue weighted by atomic mass is 19.2. The summed E-state index contributed by atoms with van der Waals surface area (Å²) in [7, 11) is 1.45. The number of hydrogen-bond acceptors (Lipinski definition) is 10. The number of carbonyl (C=O) groups is 5. The quantitative estimate of drug-likeness (QED) is 0.146. The highest BCUT2D eigenvalue weighted by molar-refractivity contribution is 6.05. The lowest BCUT2D eigenvalue weighted by Crippen LogP contribution is -2.48. The molecule has 0 unspecified atom stereocenters. The van der Waals surface area contributed by atoms with E-state index in [1.54, 1.807) is 117 Å². The van der Waals surface area contributed by atoms with Gasteiger partial charge in [0, 0.05) is 49.1 Å². The lowest BCUT2D eigenvalue weighted by molar-refractivity contribution is 0.0536. The molecule has 0 atom stereocenters.